The average Bonchev–Trinajstić information content (AvgIpc) is 2.44. The maximum Gasteiger partial charge on any atom is 0.305 e. The van der Waals surface area contributed by atoms with Gasteiger partial charge >= 0.3 is 5.97 Å². The summed E-state index contributed by atoms with van der Waals surface area (Å²) in [4.78, 5) is 23.6. The number of benzene rings is 1. The van der Waals surface area contributed by atoms with E-state index >= 15 is 0 Å². The first-order valence-corrected chi connectivity index (χ1v) is 9.32. The molecule has 1 fully saturated rings. The smallest absolute Gasteiger partial charge is 0.305 e. The van der Waals surface area contributed by atoms with Gasteiger partial charge < -0.3 is 10.4 Å². The molecule has 0 spiro atoms. The number of amides is 1. The van der Waals surface area contributed by atoms with Crippen LogP contribution in [0.15, 0.2) is 23.1 Å². The molecular weight excluding hydrogens is 332 g/mol. The summed E-state index contributed by atoms with van der Waals surface area (Å²) in [6.45, 7) is 3.63. The van der Waals surface area contributed by atoms with Gasteiger partial charge in [-0.25, -0.2) is 13.1 Å². The topological polar surface area (TPSA) is 113 Å². The second-order valence-electron chi connectivity index (χ2n) is 6.14. The Morgan fingerprint density at radius 2 is 1.96 bits per heavy atom. The Morgan fingerprint density at radius 1 is 1.29 bits per heavy atom. The van der Waals surface area contributed by atoms with E-state index in [2.05, 4.69) is 10.0 Å². The molecule has 1 aromatic carbocycles. The van der Waals surface area contributed by atoms with Crippen molar-refractivity contribution in [2.75, 3.05) is 6.54 Å². The van der Waals surface area contributed by atoms with Gasteiger partial charge in [-0.05, 0) is 43.9 Å². The molecule has 0 heterocycles. The van der Waals surface area contributed by atoms with E-state index in [0.29, 0.717) is 18.4 Å². The maximum absolute atomic E-state index is 12.6. The van der Waals surface area contributed by atoms with Crippen molar-refractivity contribution >= 4 is 21.9 Å². The van der Waals surface area contributed by atoms with Crippen molar-refractivity contribution in [3.05, 3.63) is 29.3 Å². The number of carbonyl (C=O) groups is 2. The molecule has 7 nitrogen and oxygen atoms in total. The van der Waals surface area contributed by atoms with Gasteiger partial charge in [-0.2, -0.15) is 0 Å². The Labute approximate surface area is 141 Å². The van der Waals surface area contributed by atoms with E-state index in [9.17, 15) is 18.0 Å². The van der Waals surface area contributed by atoms with Crippen molar-refractivity contribution in [2.45, 2.75) is 50.0 Å². The molecule has 0 bridgehead atoms. The van der Waals surface area contributed by atoms with Crippen LogP contribution in [-0.4, -0.2) is 37.5 Å². The molecule has 0 unspecified atom stereocenters. The van der Waals surface area contributed by atoms with E-state index in [-0.39, 0.29) is 23.4 Å². The highest BCUT2D eigenvalue weighted by Crippen LogP contribution is 2.35. The molecule has 1 aromatic rings. The van der Waals surface area contributed by atoms with Crippen LogP contribution in [0.5, 0.6) is 0 Å². The molecule has 1 aliphatic carbocycles. The minimum absolute atomic E-state index is 0.0148. The lowest BCUT2D eigenvalue weighted by Crippen LogP contribution is -2.54. The number of carboxylic acid groups (broad SMARTS) is 1. The summed E-state index contributed by atoms with van der Waals surface area (Å²) in [5.41, 5.74) is 0.143. The van der Waals surface area contributed by atoms with E-state index in [1.54, 1.807) is 19.9 Å². The van der Waals surface area contributed by atoms with Gasteiger partial charge in [0.05, 0.1) is 16.9 Å². The Bertz CT molecular complexity index is 754. The molecule has 132 valence electrons. The lowest BCUT2D eigenvalue weighted by atomic mass is 9.74. The van der Waals surface area contributed by atoms with E-state index in [4.69, 9.17) is 5.11 Å². The van der Waals surface area contributed by atoms with Crippen molar-refractivity contribution in [2.24, 2.45) is 0 Å². The zero-order chi connectivity index (χ0) is 18.0. The standard InChI is InChI=1S/C16H22N2O5S/c1-3-17-24(22,23)12-6-5-11(2)13(9-12)15(21)18-16(7-4-8-16)10-14(19)20/h5-6,9,17H,3-4,7-8,10H2,1-2H3,(H,18,21)(H,19,20). The Morgan fingerprint density at radius 3 is 2.46 bits per heavy atom. The van der Waals surface area contributed by atoms with E-state index in [1.165, 1.54) is 12.1 Å². The van der Waals surface area contributed by atoms with Crippen LogP contribution in [0.2, 0.25) is 0 Å². The molecule has 1 aliphatic rings. The average molecular weight is 354 g/mol. The summed E-state index contributed by atoms with van der Waals surface area (Å²) >= 11 is 0. The van der Waals surface area contributed by atoms with E-state index in [1.807, 2.05) is 0 Å². The summed E-state index contributed by atoms with van der Waals surface area (Å²) in [5, 5.41) is 11.8. The second-order valence-corrected chi connectivity index (χ2v) is 7.90. The largest absolute Gasteiger partial charge is 0.481 e. The van der Waals surface area contributed by atoms with Crippen molar-refractivity contribution in [3.63, 3.8) is 0 Å². The van der Waals surface area contributed by atoms with Crippen molar-refractivity contribution < 1.29 is 23.1 Å². The number of rotatable bonds is 7. The van der Waals surface area contributed by atoms with Gasteiger partial charge in [-0.15, -0.1) is 0 Å². The number of aliphatic carboxylic acids is 1. The molecule has 0 atom stereocenters. The lowest BCUT2D eigenvalue weighted by Gasteiger charge is -2.41. The fraction of sp³-hybridized carbons (Fsp3) is 0.500. The number of hydrogen-bond acceptors (Lipinski definition) is 4. The summed E-state index contributed by atoms with van der Waals surface area (Å²) in [7, 11) is -3.66. The van der Waals surface area contributed by atoms with Gasteiger partial charge in [0.15, 0.2) is 0 Å². The Balaban J connectivity index is 2.28. The lowest BCUT2D eigenvalue weighted by molar-refractivity contribution is -0.139. The molecule has 2 rings (SSSR count). The van der Waals surface area contributed by atoms with Gasteiger partial charge in [0.25, 0.3) is 5.91 Å². The predicted molar refractivity (Wildman–Crippen MR) is 88.3 cm³/mol. The molecule has 0 radical (unpaired) electrons. The summed E-state index contributed by atoms with van der Waals surface area (Å²) in [6, 6.07) is 4.35. The molecule has 0 aromatic heterocycles. The first-order chi connectivity index (χ1) is 11.2. The van der Waals surface area contributed by atoms with Crippen LogP contribution in [0.3, 0.4) is 0 Å². The summed E-state index contributed by atoms with van der Waals surface area (Å²) in [5.74, 6) is -1.41. The first kappa shape index (κ1) is 18.4. The minimum atomic E-state index is -3.66. The zero-order valence-corrected chi connectivity index (χ0v) is 14.6. The van der Waals surface area contributed by atoms with Gasteiger partial charge in [-0.1, -0.05) is 13.0 Å². The zero-order valence-electron chi connectivity index (χ0n) is 13.8. The van der Waals surface area contributed by atoms with Crippen LogP contribution in [-0.2, 0) is 14.8 Å². The van der Waals surface area contributed by atoms with Gasteiger partial charge in [0.1, 0.15) is 0 Å². The Hall–Kier alpha value is -1.93. The fourth-order valence-corrected chi connectivity index (χ4v) is 3.90. The molecule has 0 saturated heterocycles. The SMILES string of the molecule is CCNS(=O)(=O)c1ccc(C)c(C(=O)NC2(CC(=O)O)CCC2)c1. The van der Waals surface area contributed by atoms with Crippen LogP contribution in [0, 0.1) is 6.92 Å². The quantitative estimate of drug-likeness (QED) is 0.685. The second kappa shape index (κ2) is 6.90. The molecule has 1 amide bonds. The third-order valence-electron chi connectivity index (χ3n) is 4.28. The highest BCUT2D eigenvalue weighted by atomic mass is 32.2. The number of hydrogen-bond donors (Lipinski definition) is 3. The van der Waals surface area contributed by atoms with Crippen LogP contribution in [0.1, 0.15) is 48.5 Å². The summed E-state index contributed by atoms with van der Waals surface area (Å²) in [6.07, 6.45) is 1.95. The number of nitrogens with one attached hydrogen (secondary N) is 2. The highest BCUT2D eigenvalue weighted by molar-refractivity contribution is 7.89. The third kappa shape index (κ3) is 3.93. The van der Waals surface area contributed by atoms with E-state index < -0.39 is 27.4 Å². The maximum atomic E-state index is 12.6. The van der Waals surface area contributed by atoms with Crippen LogP contribution in [0.25, 0.3) is 0 Å². The van der Waals surface area contributed by atoms with Crippen LogP contribution >= 0.6 is 0 Å². The van der Waals surface area contributed by atoms with Gasteiger partial charge in [0, 0.05) is 12.1 Å². The number of carboxylic acids is 1. The molecule has 8 heteroatoms. The monoisotopic (exact) mass is 354 g/mol. The number of carbonyl (C=O) groups excluding carboxylic acids is 1. The molecule has 3 N–H and O–H groups in total. The first-order valence-electron chi connectivity index (χ1n) is 7.84. The van der Waals surface area contributed by atoms with Crippen LogP contribution in [0.4, 0.5) is 0 Å². The van der Waals surface area contributed by atoms with Crippen molar-refractivity contribution in [1.82, 2.24) is 10.0 Å². The van der Waals surface area contributed by atoms with Crippen LogP contribution < -0.4 is 10.0 Å². The van der Waals surface area contributed by atoms with Crippen molar-refractivity contribution in [1.29, 1.82) is 0 Å². The molecular formula is C16H22N2O5S. The minimum Gasteiger partial charge on any atom is -0.481 e. The van der Waals surface area contributed by atoms with Gasteiger partial charge in [-0.3, -0.25) is 9.59 Å². The Kier molecular flexibility index (Phi) is 5.29. The molecule has 1 saturated carbocycles. The number of aryl methyl sites for hydroxylation is 1. The van der Waals surface area contributed by atoms with Crippen molar-refractivity contribution in [3.8, 4) is 0 Å². The summed E-state index contributed by atoms with van der Waals surface area (Å²) < 4.78 is 26.6. The third-order valence-corrected chi connectivity index (χ3v) is 5.82. The van der Waals surface area contributed by atoms with E-state index in [0.717, 1.165) is 6.42 Å². The molecule has 0 aliphatic heterocycles. The normalized spacial score (nSPS) is 16.2. The highest BCUT2D eigenvalue weighted by Gasteiger charge is 2.40. The molecule has 24 heavy (non-hydrogen) atoms. The van der Waals surface area contributed by atoms with Gasteiger partial charge in [0.2, 0.25) is 10.0 Å². The fourth-order valence-electron chi connectivity index (χ4n) is 2.83. The number of sulfonamides is 1. The predicted octanol–water partition coefficient (Wildman–Crippen LogP) is 1.42.